The third-order valence-corrected chi connectivity index (χ3v) is 24.2. The second-order valence-electron chi connectivity index (χ2n) is 34.7. The number of ether oxygens (including phenoxy) is 10. The van der Waals surface area contributed by atoms with Crippen LogP contribution in [0.3, 0.4) is 0 Å². The lowest BCUT2D eigenvalue weighted by atomic mass is 9.97. The summed E-state index contributed by atoms with van der Waals surface area (Å²) < 4.78 is 60.3. The van der Waals surface area contributed by atoms with Crippen molar-refractivity contribution in [2.45, 2.75) is 344 Å². The standard InChI is InChI=1S/C88H150N10O31/c1-5-59(48-99)22-9-15-40-91-87(119)126-52-66-64-31-33-67-68(34-32-65(64)66)98(97-96-67)41-21-30-74(112)95-88(53-120-45-35-63(109)24-8-6-7-23-60(106)27-12-18-42-123-84-75(92-56(2)103)81(116)78(113)69(49-100)127-84,54-121-46-36-72(110)89-38-16-10-25-61(107)28-13-19-43-124-85-76(93-57(3)104)82(117)79(114)70(50-101)128-85)55-122-47-37-73(111)90-39-17-11-26-62(108)29-14-20-44-125-86-77(94-58(4)105)83(118)80(115)71(51-102)129-86/h59,64-66,69-71,75-86,99-102,113-118H,5-55H2,1-4H3,(H,89,110)(H,90,111)(H,91,119)(H,92,103)(H,93,104)(H,94,105)(H,95,112)/t59?,64-,65+,66-,69+,70+,71+,75+,76+,77+,78-,79-,80-,81+,82+,83+,84+,85+,86+/m1/s1. The highest BCUT2D eigenvalue weighted by Crippen LogP contribution is 2.53. The summed E-state index contributed by atoms with van der Waals surface area (Å²) in [5.74, 6) is -1.41. The number of hydrogen-bond acceptors (Lipinski definition) is 33. The molecule has 1 unspecified atom stereocenters. The quantitative estimate of drug-likeness (QED) is 0.0381. The molecule has 4 fully saturated rings. The monoisotopic (exact) mass is 1840 g/mol. The Balaban J connectivity index is 1.01. The third-order valence-electron chi connectivity index (χ3n) is 24.2. The summed E-state index contributed by atoms with van der Waals surface area (Å²) in [5, 5.41) is 129. The Morgan fingerprint density at radius 1 is 0.442 bits per heavy atom. The number of aliphatic hydroxyl groups is 10. The summed E-state index contributed by atoms with van der Waals surface area (Å²) in [7, 11) is 0. The van der Waals surface area contributed by atoms with Crippen molar-refractivity contribution < 1.29 is 151 Å². The molecule has 0 spiro atoms. The molecular weight excluding hydrogens is 1690 g/mol. The summed E-state index contributed by atoms with van der Waals surface area (Å²) in [6.07, 6.45) is -1.20. The topological polar surface area (TPSA) is 597 Å². The fourth-order valence-electron chi connectivity index (χ4n) is 16.5. The van der Waals surface area contributed by atoms with E-state index in [1.807, 2.05) is 11.6 Å². The number of Topliss-reactive ketones (excluding diaryl/α,β-unsaturated/α-hetero) is 4. The lowest BCUT2D eigenvalue weighted by Gasteiger charge is -2.42. The smallest absolute Gasteiger partial charge is 0.407 e. The van der Waals surface area contributed by atoms with Crippen molar-refractivity contribution in [1.29, 1.82) is 0 Å². The zero-order valence-corrected chi connectivity index (χ0v) is 75.9. The Kier molecular flexibility index (Phi) is 53.2. The lowest BCUT2D eigenvalue weighted by molar-refractivity contribution is -0.270. The normalized spacial score (nSPS) is 25.2. The van der Waals surface area contributed by atoms with Crippen LogP contribution in [0.1, 0.15) is 238 Å². The molecule has 7 amide bonds. The van der Waals surface area contributed by atoms with Gasteiger partial charge in [-0.3, -0.25) is 47.9 Å². The molecule has 41 nitrogen and oxygen atoms in total. The molecule has 738 valence electrons. The highest BCUT2D eigenvalue weighted by molar-refractivity contribution is 5.80. The number of aliphatic hydroxyl groups excluding tert-OH is 10. The van der Waals surface area contributed by atoms with Gasteiger partial charge in [0.1, 0.15) is 102 Å². The number of unbranched alkanes of at least 4 members (excludes halogenated alkanes) is 8. The van der Waals surface area contributed by atoms with Crippen molar-refractivity contribution in [3.63, 3.8) is 0 Å². The van der Waals surface area contributed by atoms with Gasteiger partial charge in [-0.1, -0.05) is 31.4 Å². The number of nitrogens with zero attached hydrogens (tertiary/aromatic N) is 3. The van der Waals surface area contributed by atoms with E-state index in [4.69, 9.17) is 47.4 Å². The molecule has 17 N–H and O–H groups in total. The number of alkyl carbamates (subject to hydrolysis) is 1. The van der Waals surface area contributed by atoms with Crippen LogP contribution < -0.4 is 37.2 Å². The van der Waals surface area contributed by atoms with Gasteiger partial charge in [0, 0.05) is 144 Å². The lowest BCUT2D eigenvalue weighted by Crippen LogP contribution is -2.64. The van der Waals surface area contributed by atoms with Crippen LogP contribution in [-0.2, 0) is 115 Å². The molecule has 6 rings (SSSR count). The van der Waals surface area contributed by atoms with Crippen LogP contribution in [-0.4, -0.2) is 340 Å². The van der Waals surface area contributed by atoms with Gasteiger partial charge in [0.05, 0.1) is 77.5 Å². The number of rotatable bonds is 69. The molecule has 2 aliphatic carbocycles. The van der Waals surface area contributed by atoms with E-state index in [0.29, 0.717) is 141 Å². The van der Waals surface area contributed by atoms with Gasteiger partial charge in [-0.25, -0.2) is 9.48 Å². The number of carbonyl (C=O) groups is 11. The second kappa shape index (κ2) is 61.9. The van der Waals surface area contributed by atoms with Gasteiger partial charge in [0.2, 0.25) is 35.4 Å². The minimum Gasteiger partial charge on any atom is -0.449 e. The Morgan fingerprint density at radius 2 is 0.829 bits per heavy atom. The summed E-state index contributed by atoms with van der Waals surface area (Å²) in [6.45, 7) is 5.11. The van der Waals surface area contributed by atoms with Crippen molar-refractivity contribution in [3.05, 3.63) is 11.4 Å². The first kappa shape index (κ1) is 111. The first-order valence-corrected chi connectivity index (χ1v) is 46.6. The van der Waals surface area contributed by atoms with E-state index in [9.17, 15) is 104 Å². The summed E-state index contributed by atoms with van der Waals surface area (Å²) in [4.78, 5) is 141. The molecule has 1 aromatic rings. The Hall–Kier alpha value is -6.85. The highest BCUT2D eigenvalue weighted by atomic mass is 16.7. The fourth-order valence-corrected chi connectivity index (χ4v) is 16.5. The van der Waals surface area contributed by atoms with Crippen molar-refractivity contribution in [1.82, 2.24) is 52.2 Å². The van der Waals surface area contributed by atoms with E-state index in [1.54, 1.807) is 0 Å². The van der Waals surface area contributed by atoms with Crippen molar-refractivity contribution in [2.75, 3.05) is 112 Å². The van der Waals surface area contributed by atoms with Crippen LogP contribution in [0.25, 0.3) is 0 Å². The number of amides is 7. The second-order valence-corrected chi connectivity index (χ2v) is 34.7. The van der Waals surface area contributed by atoms with E-state index >= 15 is 0 Å². The number of aromatic nitrogens is 3. The number of hydrogen-bond donors (Lipinski definition) is 17. The SMILES string of the molecule is CCC(CO)CCCCNC(=O)OC[C@@H]1[C@@H]2CCc3nnn(CCCC(=O)NC(COCCC(=O)CCCCCC(=O)CCCCO[C@H]4O[C@@H](CO)[C@@H](O)[C@@H](O)[C@@H]4NC(C)=O)(COCCC(=O)NCCCCC(=O)CCCCO[C@H]4O[C@@H](CO)[C@@H](O)[C@@H](O)[C@@H]4NC(C)=O)COCCC(=O)NCCCCC(=O)CCCCO[C@H]4O[C@@H](CO)[C@@H](O)[C@@H](O)[C@@H]4NC(C)=O)c3CC[C@@H]21. The molecule has 19 atom stereocenters. The molecule has 0 aromatic carbocycles. The van der Waals surface area contributed by atoms with Gasteiger partial charge in [-0.2, -0.15) is 0 Å². The van der Waals surface area contributed by atoms with E-state index in [0.717, 1.165) is 49.9 Å². The first-order chi connectivity index (χ1) is 62.0. The molecule has 3 saturated heterocycles. The number of fused-ring (bicyclic) bond motifs is 2. The predicted molar refractivity (Wildman–Crippen MR) is 460 cm³/mol. The third kappa shape index (κ3) is 41.3. The molecule has 4 heterocycles. The number of nitrogens with one attached hydrogen (secondary N) is 7. The van der Waals surface area contributed by atoms with Gasteiger partial charge in [-0.05, 0) is 146 Å². The zero-order valence-electron chi connectivity index (χ0n) is 75.9. The van der Waals surface area contributed by atoms with Crippen LogP contribution >= 0.6 is 0 Å². The van der Waals surface area contributed by atoms with Gasteiger partial charge in [0.15, 0.2) is 18.9 Å². The minimum absolute atomic E-state index is 0.00260. The van der Waals surface area contributed by atoms with Gasteiger partial charge >= 0.3 is 6.09 Å². The van der Waals surface area contributed by atoms with Gasteiger partial charge in [0.25, 0.3) is 0 Å². The zero-order chi connectivity index (χ0) is 94.1. The largest absolute Gasteiger partial charge is 0.449 e. The molecule has 129 heavy (non-hydrogen) atoms. The summed E-state index contributed by atoms with van der Waals surface area (Å²) in [5.41, 5.74) is 0.411. The van der Waals surface area contributed by atoms with E-state index in [-0.39, 0.29) is 190 Å². The van der Waals surface area contributed by atoms with E-state index < -0.39 is 147 Å². The fraction of sp³-hybridized carbons (Fsp3) is 0.852. The Labute approximate surface area is 755 Å². The van der Waals surface area contributed by atoms with Crippen LogP contribution in [0.2, 0.25) is 0 Å². The highest BCUT2D eigenvalue weighted by Gasteiger charge is 2.52. The summed E-state index contributed by atoms with van der Waals surface area (Å²) >= 11 is 0. The number of aryl methyl sites for hydroxylation is 2. The van der Waals surface area contributed by atoms with E-state index in [1.165, 1.54) is 20.8 Å². The van der Waals surface area contributed by atoms with Crippen molar-refractivity contribution in [2.24, 2.45) is 23.7 Å². The van der Waals surface area contributed by atoms with Gasteiger partial charge < -0.3 is 136 Å². The minimum atomic E-state index is -1.46. The maximum absolute atomic E-state index is 14.4. The predicted octanol–water partition coefficient (Wildman–Crippen LogP) is -0.0189. The molecule has 0 bridgehead atoms. The van der Waals surface area contributed by atoms with Crippen LogP contribution in [0.5, 0.6) is 0 Å². The Morgan fingerprint density at radius 3 is 1.24 bits per heavy atom. The van der Waals surface area contributed by atoms with Crippen molar-refractivity contribution >= 4 is 64.7 Å². The molecule has 1 saturated carbocycles. The van der Waals surface area contributed by atoms with Crippen LogP contribution in [0, 0.1) is 23.7 Å². The molecule has 3 aliphatic heterocycles. The van der Waals surface area contributed by atoms with Crippen LogP contribution in [0.4, 0.5) is 4.79 Å². The maximum Gasteiger partial charge on any atom is 0.407 e. The van der Waals surface area contributed by atoms with Gasteiger partial charge in [-0.15, -0.1) is 5.10 Å². The molecule has 0 radical (unpaired) electrons. The van der Waals surface area contributed by atoms with Crippen molar-refractivity contribution in [3.8, 4) is 0 Å². The molecular formula is C88H150N10O31. The van der Waals surface area contributed by atoms with E-state index in [2.05, 4.69) is 47.5 Å². The number of ketones is 4. The molecule has 1 aromatic heterocycles. The Bertz CT molecular complexity index is 3250. The molecule has 5 aliphatic rings. The number of carbonyl (C=O) groups excluding carboxylic acids is 11. The molecule has 41 heteroatoms. The average Bonchev–Trinajstić information content (AvgIpc) is 1.63. The van der Waals surface area contributed by atoms with Crippen LogP contribution in [0.15, 0.2) is 0 Å². The maximum atomic E-state index is 14.4. The first-order valence-electron chi connectivity index (χ1n) is 46.6. The average molecular weight is 1840 g/mol. The summed E-state index contributed by atoms with van der Waals surface area (Å²) in [6, 6.07) is -3.26.